The van der Waals surface area contributed by atoms with Crippen molar-refractivity contribution in [3.05, 3.63) is 65.2 Å². The predicted molar refractivity (Wildman–Crippen MR) is 95.0 cm³/mol. The standard InChI is InChI=1S/C20H24N2O2/c1-15-7-3-4-8-16(15)13-22(2)14-20(23)21-18-11-12-24-19-10-6-5-9-17(18)19/h3-10,18H,11-14H2,1-2H3,(H,21,23). The Balaban J connectivity index is 1.57. The Morgan fingerprint density at radius 1 is 1.21 bits per heavy atom. The molecule has 1 aliphatic rings. The van der Waals surface area contributed by atoms with Gasteiger partial charge in [0, 0.05) is 18.5 Å². The van der Waals surface area contributed by atoms with Gasteiger partial charge in [-0.25, -0.2) is 0 Å². The van der Waals surface area contributed by atoms with Gasteiger partial charge in [-0.1, -0.05) is 42.5 Å². The van der Waals surface area contributed by atoms with Crippen molar-refractivity contribution >= 4 is 5.91 Å². The molecule has 1 aliphatic heterocycles. The zero-order valence-electron chi connectivity index (χ0n) is 14.3. The molecule has 1 amide bonds. The second-order valence-corrected chi connectivity index (χ2v) is 6.39. The number of nitrogens with zero attached hydrogens (tertiary/aromatic N) is 1. The zero-order chi connectivity index (χ0) is 16.9. The molecule has 0 spiro atoms. The number of rotatable bonds is 5. The molecule has 0 aromatic heterocycles. The molecule has 0 saturated heterocycles. The van der Waals surface area contributed by atoms with Crippen LogP contribution in [0.15, 0.2) is 48.5 Å². The summed E-state index contributed by atoms with van der Waals surface area (Å²) in [5, 5.41) is 3.15. The Labute approximate surface area is 143 Å². The molecule has 2 aromatic carbocycles. The highest BCUT2D eigenvalue weighted by atomic mass is 16.5. The number of hydrogen-bond acceptors (Lipinski definition) is 3. The summed E-state index contributed by atoms with van der Waals surface area (Å²) in [4.78, 5) is 14.5. The van der Waals surface area contributed by atoms with Crippen molar-refractivity contribution in [3.8, 4) is 5.75 Å². The maximum Gasteiger partial charge on any atom is 0.234 e. The number of likely N-dealkylation sites (N-methyl/N-ethyl adjacent to an activating group) is 1. The molecule has 24 heavy (non-hydrogen) atoms. The molecule has 0 bridgehead atoms. The quantitative estimate of drug-likeness (QED) is 0.919. The van der Waals surface area contributed by atoms with Gasteiger partial charge in [0.15, 0.2) is 0 Å². The normalized spacial score (nSPS) is 16.4. The molecule has 1 N–H and O–H groups in total. The minimum absolute atomic E-state index is 0.0364. The molecule has 0 fully saturated rings. The third-order valence-corrected chi connectivity index (χ3v) is 4.41. The molecular formula is C20H24N2O2. The predicted octanol–water partition coefficient (Wildman–Crippen LogP) is 3.07. The molecule has 1 atom stereocenters. The molecule has 1 unspecified atom stereocenters. The molecule has 126 valence electrons. The Morgan fingerprint density at radius 2 is 1.96 bits per heavy atom. The van der Waals surface area contributed by atoms with Crippen LogP contribution in [0.25, 0.3) is 0 Å². The lowest BCUT2D eigenvalue weighted by Crippen LogP contribution is -2.38. The van der Waals surface area contributed by atoms with Gasteiger partial charge < -0.3 is 10.1 Å². The number of aryl methyl sites for hydroxylation is 1. The van der Waals surface area contributed by atoms with E-state index in [2.05, 4.69) is 24.4 Å². The van der Waals surface area contributed by atoms with Crippen LogP contribution in [-0.2, 0) is 11.3 Å². The molecular weight excluding hydrogens is 300 g/mol. The van der Waals surface area contributed by atoms with E-state index in [1.165, 1.54) is 11.1 Å². The summed E-state index contributed by atoms with van der Waals surface area (Å²) in [5.74, 6) is 0.926. The van der Waals surface area contributed by atoms with Crippen molar-refractivity contribution in [1.82, 2.24) is 10.2 Å². The number of ether oxygens (including phenoxy) is 1. The number of carbonyl (C=O) groups is 1. The number of benzene rings is 2. The average molecular weight is 324 g/mol. The van der Waals surface area contributed by atoms with E-state index >= 15 is 0 Å². The van der Waals surface area contributed by atoms with E-state index < -0.39 is 0 Å². The van der Waals surface area contributed by atoms with Gasteiger partial charge in [-0.15, -0.1) is 0 Å². The molecule has 4 heteroatoms. The van der Waals surface area contributed by atoms with Crippen LogP contribution in [0.2, 0.25) is 0 Å². The van der Waals surface area contributed by atoms with Crippen LogP contribution in [0.5, 0.6) is 5.75 Å². The highest BCUT2D eigenvalue weighted by Gasteiger charge is 2.22. The van der Waals surface area contributed by atoms with Crippen molar-refractivity contribution in [2.24, 2.45) is 0 Å². The molecule has 4 nitrogen and oxygen atoms in total. The zero-order valence-corrected chi connectivity index (χ0v) is 14.3. The molecule has 0 saturated carbocycles. The Kier molecular flexibility index (Phi) is 5.16. The first kappa shape index (κ1) is 16.5. The van der Waals surface area contributed by atoms with Crippen LogP contribution in [0, 0.1) is 6.92 Å². The molecule has 0 aliphatic carbocycles. The van der Waals surface area contributed by atoms with Gasteiger partial charge in [0.2, 0.25) is 5.91 Å². The molecule has 1 heterocycles. The maximum atomic E-state index is 12.4. The largest absolute Gasteiger partial charge is 0.493 e. The van der Waals surface area contributed by atoms with Gasteiger partial charge in [-0.05, 0) is 31.2 Å². The van der Waals surface area contributed by atoms with Crippen LogP contribution < -0.4 is 10.1 Å². The fourth-order valence-electron chi connectivity index (χ4n) is 3.11. The second-order valence-electron chi connectivity index (χ2n) is 6.39. The number of amides is 1. The maximum absolute atomic E-state index is 12.4. The van der Waals surface area contributed by atoms with E-state index in [-0.39, 0.29) is 11.9 Å². The van der Waals surface area contributed by atoms with Gasteiger partial charge in [0.1, 0.15) is 5.75 Å². The van der Waals surface area contributed by atoms with E-state index in [9.17, 15) is 4.79 Å². The van der Waals surface area contributed by atoms with Crippen molar-refractivity contribution in [2.45, 2.75) is 25.9 Å². The second kappa shape index (κ2) is 7.49. The Hall–Kier alpha value is -2.33. The summed E-state index contributed by atoms with van der Waals surface area (Å²) in [5.41, 5.74) is 3.57. The Morgan fingerprint density at radius 3 is 2.79 bits per heavy atom. The van der Waals surface area contributed by atoms with Crippen molar-refractivity contribution in [3.63, 3.8) is 0 Å². The van der Waals surface area contributed by atoms with Gasteiger partial charge in [-0.2, -0.15) is 0 Å². The topological polar surface area (TPSA) is 41.6 Å². The molecule has 2 aromatic rings. The first-order valence-corrected chi connectivity index (χ1v) is 8.37. The highest BCUT2D eigenvalue weighted by Crippen LogP contribution is 2.31. The van der Waals surface area contributed by atoms with Crippen LogP contribution in [0.1, 0.15) is 29.2 Å². The first-order chi connectivity index (χ1) is 11.6. The molecule has 3 rings (SSSR count). The number of fused-ring (bicyclic) bond motifs is 1. The average Bonchev–Trinajstić information content (AvgIpc) is 2.57. The van der Waals surface area contributed by atoms with Crippen LogP contribution in [0.3, 0.4) is 0 Å². The monoisotopic (exact) mass is 324 g/mol. The minimum Gasteiger partial charge on any atom is -0.493 e. The summed E-state index contributed by atoms with van der Waals surface area (Å²) in [6.45, 7) is 3.89. The number of carbonyl (C=O) groups excluding carboxylic acids is 1. The van der Waals surface area contributed by atoms with Crippen LogP contribution in [0.4, 0.5) is 0 Å². The van der Waals surface area contributed by atoms with Gasteiger partial charge in [0.05, 0.1) is 19.2 Å². The molecule has 0 radical (unpaired) electrons. The summed E-state index contributed by atoms with van der Waals surface area (Å²) < 4.78 is 5.65. The van der Waals surface area contributed by atoms with E-state index in [0.717, 1.165) is 24.3 Å². The first-order valence-electron chi connectivity index (χ1n) is 8.37. The van der Waals surface area contributed by atoms with E-state index in [1.807, 2.05) is 48.3 Å². The van der Waals surface area contributed by atoms with Gasteiger partial charge >= 0.3 is 0 Å². The summed E-state index contributed by atoms with van der Waals surface area (Å²) in [6, 6.07) is 16.2. The SMILES string of the molecule is Cc1ccccc1CN(C)CC(=O)NC1CCOc2ccccc21. The van der Waals surface area contributed by atoms with E-state index in [1.54, 1.807) is 0 Å². The van der Waals surface area contributed by atoms with Crippen molar-refractivity contribution < 1.29 is 9.53 Å². The third-order valence-electron chi connectivity index (χ3n) is 4.41. The Bertz CT molecular complexity index is 714. The lowest BCUT2D eigenvalue weighted by atomic mass is 10.0. The van der Waals surface area contributed by atoms with Crippen molar-refractivity contribution in [2.75, 3.05) is 20.2 Å². The minimum atomic E-state index is 0.0364. The fraction of sp³-hybridized carbons (Fsp3) is 0.350. The lowest BCUT2D eigenvalue weighted by molar-refractivity contribution is -0.123. The summed E-state index contributed by atoms with van der Waals surface area (Å²) in [6.07, 6.45) is 0.810. The van der Waals surface area contributed by atoms with Gasteiger partial charge in [-0.3, -0.25) is 9.69 Å². The number of hydrogen-bond donors (Lipinski definition) is 1. The smallest absolute Gasteiger partial charge is 0.234 e. The summed E-state index contributed by atoms with van der Waals surface area (Å²) >= 11 is 0. The van der Waals surface area contributed by atoms with Gasteiger partial charge in [0.25, 0.3) is 0 Å². The number of para-hydroxylation sites is 1. The van der Waals surface area contributed by atoms with Crippen LogP contribution >= 0.6 is 0 Å². The highest BCUT2D eigenvalue weighted by molar-refractivity contribution is 5.78. The summed E-state index contributed by atoms with van der Waals surface area (Å²) in [7, 11) is 1.98. The van der Waals surface area contributed by atoms with Crippen molar-refractivity contribution in [1.29, 1.82) is 0 Å². The third kappa shape index (κ3) is 3.95. The number of nitrogens with one attached hydrogen (secondary N) is 1. The van der Waals surface area contributed by atoms with E-state index in [0.29, 0.717) is 13.2 Å². The lowest BCUT2D eigenvalue weighted by Gasteiger charge is -2.27. The van der Waals surface area contributed by atoms with Crippen LogP contribution in [-0.4, -0.2) is 31.0 Å². The van der Waals surface area contributed by atoms with E-state index in [4.69, 9.17) is 4.74 Å². The fourth-order valence-corrected chi connectivity index (χ4v) is 3.11.